The number of hydrogen-bond acceptors (Lipinski definition) is 7. The molecule has 2 aromatic rings. The summed E-state index contributed by atoms with van der Waals surface area (Å²) in [4.78, 5) is 9.28. The first-order valence-electron chi connectivity index (χ1n) is 9.80. The lowest BCUT2D eigenvalue weighted by Gasteiger charge is -2.36. The van der Waals surface area contributed by atoms with Gasteiger partial charge in [0, 0.05) is 43.6 Å². The average molecular weight is 378 g/mol. The Morgan fingerprint density at radius 3 is 2.46 bits per heavy atom. The molecule has 146 valence electrons. The number of pyridine rings is 1. The van der Waals surface area contributed by atoms with Crippen molar-refractivity contribution in [2.75, 3.05) is 42.6 Å². The standard InChI is InChI=1S/C21H26N6O/c1-21(2,3)18-4-5-19(25-24-18)26-7-9-27(10-8-26)20-15(13-22)12-16-14-28-11-6-17(16)23-20/h4-5,12H,6-11,14H2,1-3H3. The highest BCUT2D eigenvalue weighted by atomic mass is 16.5. The Hall–Kier alpha value is -2.72. The summed E-state index contributed by atoms with van der Waals surface area (Å²) < 4.78 is 5.49. The van der Waals surface area contributed by atoms with Gasteiger partial charge in [-0.25, -0.2) is 4.98 Å². The van der Waals surface area contributed by atoms with E-state index in [0.717, 1.165) is 61.2 Å². The van der Waals surface area contributed by atoms with Gasteiger partial charge in [0.2, 0.25) is 0 Å². The van der Waals surface area contributed by atoms with Gasteiger partial charge in [-0.15, -0.1) is 5.10 Å². The molecule has 0 aliphatic carbocycles. The summed E-state index contributed by atoms with van der Waals surface area (Å²) >= 11 is 0. The monoisotopic (exact) mass is 378 g/mol. The molecule has 0 atom stereocenters. The molecule has 28 heavy (non-hydrogen) atoms. The molecule has 4 heterocycles. The van der Waals surface area contributed by atoms with Crippen molar-refractivity contribution in [2.24, 2.45) is 0 Å². The molecule has 0 unspecified atom stereocenters. The fourth-order valence-corrected chi connectivity index (χ4v) is 3.64. The molecule has 2 aliphatic heterocycles. The lowest BCUT2D eigenvalue weighted by molar-refractivity contribution is 0.109. The van der Waals surface area contributed by atoms with Gasteiger partial charge in [0.05, 0.1) is 30.2 Å². The van der Waals surface area contributed by atoms with Crippen molar-refractivity contribution in [1.29, 1.82) is 5.26 Å². The predicted molar refractivity (Wildman–Crippen MR) is 107 cm³/mol. The van der Waals surface area contributed by atoms with E-state index in [2.05, 4.69) is 59.0 Å². The maximum Gasteiger partial charge on any atom is 0.151 e. The number of nitrogens with zero attached hydrogens (tertiary/aromatic N) is 6. The molecule has 0 radical (unpaired) electrons. The molecule has 0 spiro atoms. The average Bonchev–Trinajstić information content (AvgIpc) is 2.72. The van der Waals surface area contributed by atoms with Crippen molar-refractivity contribution in [2.45, 2.75) is 39.2 Å². The second kappa shape index (κ2) is 7.36. The van der Waals surface area contributed by atoms with E-state index < -0.39 is 0 Å². The van der Waals surface area contributed by atoms with Crippen molar-refractivity contribution in [1.82, 2.24) is 15.2 Å². The first kappa shape index (κ1) is 18.6. The number of fused-ring (bicyclic) bond motifs is 1. The molecule has 4 rings (SSSR count). The summed E-state index contributed by atoms with van der Waals surface area (Å²) in [5.41, 5.74) is 3.73. The van der Waals surface area contributed by atoms with Crippen molar-refractivity contribution in [3.8, 4) is 6.07 Å². The Kier molecular flexibility index (Phi) is 4.90. The van der Waals surface area contributed by atoms with Gasteiger partial charge in [0.15, 0.2) is 5.82 Å². The maximum absolute atomic E-state index is 9.59. The molecule has 0 saturated carbocycles. The Balaban J connectivity index is 1.48. The molecule has 0 amide bonds. The number of rotatable bonds is 2. The molecule has 0 aromatic carbocycles. The normalized spacial score (nSPS) is 17.2. The third-order valence-corrected chi connectivity index (χ3v) is 5.35. The van der Waals surface area contributed by atoms with Crippen LogP contribution in [0.1, 0.15) is 43.3 Å². The number of anilines is 2. The molecule has 2 aliphatic rings. The zero-order valence-corrected chi connectivity index (χ0v) is 16.8. The van der Waals surface area contributed by atoms with Crippen LogP contribution in [-0.2, 0) is 23.2 Å². The Labute approximate surface area is 166 Å². The van der Waals surface area contributed by atoms with Crippen molar-refractivity contribution in [3.63, 3.8) is 0 Å². The number of piperazine rings is 1. The third kappa shape index (κ3) is 3.65. The van der Waals surface area contributed by atoms with Crippen LogP contribution in [0, 0.1) is 11.3 Å². The van der Waals surface area contributed by atoms with Crippen LogP contribution >= 0.6 is 0 Å². The smallest absolute Gasteiger partial charge is 0.151 e. The summed E-state index contributed by atoms with van der Waals surface area (Å²) in [5.74, 6) is 1.71. The lowest BCUT2D eigenvalue weighted by atomic mass is 9.92. The van der Waals surface area contributed by atoms with E-state index in [1.54, 1.807) is 0 Å². The third-order valence-electron chi connectivity index (χ3n) is 5.35. The Morgan fingerprint density at radius 1 is 1.07 bits per heavy atom. The van der Waals surface area contributed by atoms with Crippen LogP contribution in [0.4, 0.5) is 11.6 Å². The van der Waals surface area contributed by atoms with E-state index in [1.807, 2.05) is 6.07 Å². The van der Waals surface area contributed by atoms with E-state index in [-0.39, 0.29) is 5.41 Å². The summed E-state index contributed by atoms with van der Waals surface area (Å²) in [6, 6.07) is 8.38. The SMILES string of the molecule is CC(C)(C)c1ccc(N2CCN(c3nc4c(cc3C#N)COCC4)CC2)nn1. The zero-order valence-electron chi connectivity index (χ0n) is 16.8. The van der Waals surface area contributed by atoms with Gasteiger partial charge in [-0.2, -0.15) is 10.4 Å². The van der Waals surface area contributed by atoms with Gasteiger partial charge in [0.1, 0.15) is 11.9 Å². The van der Waals surface area contributed by atoms with E-state index in [0.29, 0.717) is 18.8 Å². The number of ether oxygens (including phenoxy) is 1. The molecule has 2 aromatic heterocycles. The van der Waals surface area contributed by atoms with Gasteiger partial charge >= 0.3 is 0 Å². The van der Waals surface area contributed by atoms with Gasteiger partial charge in [0.25, 0.3) is 0 Å². The van der Waals surface area contributed by atoms with Gasteiger partial charge < -0.3 is 14.5 Å². The summed E-state index contributed by atoms with van der Waals surface area (Å²) in [5, 5.41) is 18.4. The van der Waals surface area contributed by atoms with E-state index in [1.165, 1.54) is 0 Å². The zero-order chi connectivity index (χ0) is 19.7. The van der Waals surface area contributed by atoms with Gasteiger partial charge in [-0.1, -0.05) is 20.8 Å². The summed E-state index contributed by atoms with van der Waals surface area (Å²) in [7, 11) is 0. The van der Waals surface area contributed by atoms with Crippen LogP contribution < -0.4 is 9.80 Å². The molecule has 7 nitrogen and oxygen atoms in total. The van der Waals surface area contributed by atoms with Crippen LogP contribution in [0.2, 0.25) is 0 Å². The quantitative estimate of drug-likeness (QED) is 0.794. The summed E-state index contributed by atoms with van der Waals surface area (Å²) in [6.07, 6.45) is 0.809. The summed E-state index contributed by atoms with van der Waals surface area (Å²) in [6.45, 7) is 10.9. The van der Waals surface area contributed by atoms with Crippen molar-refractivity contribution < 1.29 is 4.74 Å². The van der Waals surface area contributed by atoms with Gasteiger partial charge in [-0.05, 0) is 18.2 Å². The fraction of sp³-hybridized carbons (Fsp3) is 0.524. The molecule has 0 N–H and O–H groups in total. The minimum atomic E-state index is 0.00107. The first-order chi connectivity index (χ1) is 13.5. The molecular weight excluding hydrogens is 352 g/mol. The van der Waals surface area contributed by atoms with Crippen molar-refractivity contribution >= 4 is 11.6 Å². The largest absolute Gasteiger partial charge is 0.376 e. The Bertz CT molecular complexity index is 889. The van der Waals surface area contributed by atoms with Crippen molar-refractivity contribution in [3.05, 3.63) is 40.7 Å². The van der Waals surface area contributed by atoms with E-state index in [4.69, 9.17) is 9.72 Å². The highest BCUT2D eigenvalue weighted by molar-refractivity contribution is 5.57. The number of hydrogen-bond donors (Lipinski definition) is 0. The minimum absolute atomic E-state index is 0.00107. The highest BCUT2D eigenvalue weighted by Gasteiger charge is 2.24. The second-order valence-electron chi connectivity index (χ2n) is 8.38. The van der Waals surface area contributed by atoms with Crippen LogP contribution in [0.5, 0.6) is 0 Å². The predicted octanol–water partition coefficient (Wildman–Crippen LogP) is 2.44. The van der Waals surface area contributed by atoms with Gasteiger partial charge in [-0.3, -0.25) is 0 Å². The number of nitriles is 1. The number of aromatic nitrogens is 3. The topological polar surface area (TPSA) is 78.2 Å². The highest BCUT2D eigenvalue weighted by Crippen LogP contribution is 2.26. The molecule has 1 fully saturated rings. The lowest BCUT2D eigenvalue weighted by Crippen LogP contribution is -2.47. The van der Waals surface area contributed by atoms with E-state index >= 15 is 0 Å². The molecule has 0 bridgehead atoms. The fourth-order valence-electron chi connectivity index (χ4n) is 3.64. The van der Waals surface area contributed by atoms with Crippen LogP contribution in [0.3, 0.4) is 0 Å². The van der Waals surface area contributed by atoms with E-state index in [9.17, 15) is 5.26 Å². The van der Waals surface area contributed by atoms with Crippen LogP contribution in [0.25, 0.3) is 0 Å². The first-order valence-corrected chi connectivity index (χ1v) is 9.80. The second-order valence-corrected chi connectivity index (χ2v) is 8.38. The molecule has 1 saturated heterocycles. The molecular formula is C21H26N6O. The van der Waals surface area contributed by atoms with Crippen LogP contribution in [0.15, 0.2) is 18.2 Å². The molecule has 7 heteroatoms. The minimum Gasteiger partial charge on any atom is -0.376 e. The van der Waals surface area contributed by atoms with Crippen LogP contribution in [-0.4, -0.2) is 48.0 Å². The maximum atomic E-state index is 9.59. The Morgan fingerprint density at radius 2 is 1.82 bits per heavy atom.